The third-order valence-corrected chi connectivity index (χ3v) is 5.47. The van der Waals surface area contributed by atoms with Gasteiger partial charge in [0.15, 0.2) is 0 Å². The Morgan fingerprint density at radius 1 is 0.794 bits per heavy atom. The van der Waals surface area contributed by atoms with Crippen LogP contribution in [0.15, 0.2) is 54.1 Å². The first-order valence-electron chi connectivity index (χ1n) is 11.9. The Kier molecular flexibility index (Phi) is 9.26. The maximum absolute atomic E-state index is 13.0. The SMILES string of the molecule is CCCCCCCCOc1ccc(/C=C2\C(=O)NC(=O)N(c3ccc(OCC)cc3)C2=O)cc1. The van der Waals surface area contributed by atoms with E-state index in [2.05, 4.69) is 12.2 Å². The predicted molar refractivity (Wildman–Crippen MR) is 132 cm³/mol. The lowest BCUT2D eigenvalue weighted by Gasteiger charge is -2.26. The summed E-state index contributed by atoms with van der Waals surface area (Å²) in [6.07, 6.45) is 8.67. The fraction of sp³-hybridized carbons (Fsp3) is 0.370. The number of barbiturate groups is 1. The summed E-state index contributed by atoms with van der Waals surface area (Å²) in [6.45, 7) is 5.24. The summed E-state index contributed by atoms with van der Waals surface area (Å²) in [6, 6.07) is 12.9. The minimum Gasteiger partial charge on any atom is -0.494 e. The Morgan fingerprint density at radius 2 is 1.41 bits per heavy atom. The molecule has 0 saturated carbocycles. The van der Waals surface area contributed by atoms with E-state index in [1.54, 1.807) is 36.4 Å². The maximum atomic E-state index is 13.0. The van der Waals surface area contributed by atoms with Crippen molar-refractivity contribution in [1.82, 2.24) is 5.32 Å². The molecule has 1 aliphatic heterocycles. The highest BCUT2D eigenvalue weighted by atomic mass is 16.5. The molecule has 0 atom stereocenters. The van der Waals surface area contributed by atoms with Gasteiger partial charge in [0.25, 0.3) is 11.8 Å². The van der Waals surface area contributed by atoms with E-state index in [4.69, 9.17) is 9.47 Å². The van der Waals surface area contributed by atoms with E-state index in [1.165, 1.54) is 31.8 Å². The van der Waals surface area contributed by atoms with Crippen LogP contribution in [0, 0.1) is 0 Å². The van der Waals surface area contributed by atoms with Crippen LogP contribution in [-0.4, -0.2) is 31.1 Å². The molecule has 7 heteroatoms. The second-order valence-electron chi connectivity index (χ2n) is 8.07. The standard InChI is InChI=1S/C27H32N2O5/c1-3-5-6-7-8-9-18-34-23-14-10-20(11-15-23)19-24-25(30)28-27(32)29(26(24)31)21-12-16-22(17-13-21)33-4-2/h10-17,19H,3-9,18H2,1-2H3,(H,28,30,32)/b24-19+. The molecule has 34 heavy (non-hydrogen) atoms. The number of unbranched alkanes of at least 4 members (excludes halogenated alkanes) is 5. The lowest BCUT2D eigenvalue weighted by Crippen LogP contribution is -2.54. The molecule has 1 N–H and O–H groups in total. The summed E-state index contributed by atoms with van der Waals surface area (Å²) in [5, 5.41) is 2.24. The second kappa shape index (κ2) is 12.6. The van der Waals surface area contributed by atoms with Crippen molar-refractivity contribution in [3.05, 3.63) is 59.7 Å². The molecule has 0 aliphatic carbocycles. The smallest absolute Gasteiger partial charge is 0.335 e. The Labute approximate surface area is 200 Å². The van der Waals surface area contributed by atoms with Crippen molar-refractivity contribution in [3.8, 4) is 11.5 Å². The molecule has 4 amide bonds. The summed E-state index contributed by atoms with van der Waals surface area (Å²) < 4.78 is 11.2. The van der Waals surface area contributed by atoms with Crippen LogP contribution < -0.4 is 19.7 Å². The van der Waals surface area contributed by atoms with Crippen LogP contribution in [0.5, 0.6) is 11.5 Å². The van der Waals surface area contributed by atoms with Crippen molar-refractivity contribution in [2.45, 2.75) is 52.4 Å². The van der Waals surface area contributed by atoms with Gasteiger partial charge in [-0.3, -0.25) is 14.9 Å². The maximum Gasteiger partial charge on any atom is 0.335 e. The number of hydrogen-bond donors (Lipinski definition) is 1. The number of benzene rings is 2. The molecular formula is C27H32N2O5. The number of carbonyl (C=O) groups excluding carboxylic acids is 3. The van der Waals surface area contributed by atoms with Gasteiger partial charge in [-0.25, -0.2) is 9.69 Å². The van der Waals surface area contributed by atoms with Crippen LogP contribution in [0.1, 0.15) is 57.9 Å². The van der Waals surface area contributed by atoms with E-state index < -0.39 is 17.8 Å². The van der Waals surface area contributed by atoms with Gasteiger partial charge in [-0.15, -0.1) is 0 Å². The molecule has 1 saturated heterocycles. The quantitative estimate of drug-likeness (QED) is 0.255. The molecule has 2 aromatic carbocycles. The molecule has 0 radical (unpaired) electrons. The van der Waals surface area contributed by atoms with Gasteiger partial charge < -0.3 is 9.47 Å². The molecule has 0 bridgehead atoms. The highest BCUT2D eigenvalue weighted by molar-refractivity contribution is 6.39. The van der Waals surface area contributed by atoms with Crippen molar-refractivity contribution in [3.63, 3.8) is 0 Å². The normalized spacial score (nSPS) is 14.9. The zero-order valence-corrected chi connectivity index (χ0v) is 19.8. The van der Waals surface area contributed by atoms with Gasteiger partial charge in [-0.1, -0.05) is 51.2 Å². The Morgan fingerprint density at radius 3 is 2.09 bits per heavy atom. The molecule has 7 nitrogen and oxygen atoms in total. The van der Waals surface area contributed by atoms with Crippen molar-refractivity contribution in [2.75, 3.05) is 18.1 Å². The summed E-state index contributed by atoms with van der Waals surface area (Å²) >= 11 is 0. The molecule has 0 aromatic heterocycles. The van der Waals surface area contributed by atoms with Gasteiger partial charge in [0.2, 0.25) is 0 Å². The predicted octanol–water partition coefficient (Wildman–Crippen LogP) is 5.49. The lowest BCUT2D eigenvalue weighted by atomic mass is 10.1. The first-order valence-corrected chi connectivity index (χ1v) is 11.9. The molecule has 0 spiro atoms. The van der Waals surface area contributed by atoms with Gasteiger partial charge in [-0.05, 0) is 61.4 Å². The van der Waals surface area contributed by atoms with E-state index in [9.17, 15) is 14.4 Å². The molecule has 1 aliphatic rings. The van der Waals surface area contributed by atoms with Crippen LogP contribution in [0.25, 0.3) is 6.08 Å². The fourth-order valence-electron chi connectivity index (χ4n) is 3.65. The average molecular weight is 465 g/mol. The molecule has 3 rings (SSSR count). The van der Waals surface area contributed by atoms with Crippen molar-refractivity contribution in [2.24, 2.45) is 0 Å². The van der Waals surface area contributed by atoms with Crippen molar-refractivity contribution >= 4 is 29.6 Å². The molecular weight excluding hydrogens is 432 g/mol. The number of rotatable bonds is 12. The number of urea groups is 1. The van der Waals surface area contributed by atoms with E-state index >= 15 is 0 Å². The largest absolute Gasteiger partial charge is 0.494 e. The van der Waals surface area contributed by atoms with E-state index in [1.807, 2.05) is 19.1 Å². The van der Waals surface area contributed by atoms with Crippen molar-refractivity contribution in [1.29, 1.82) is 0 Å². The molecule has 0 unspecified atom stereocenters. The molecule has 2 aromatic rings. The van der Waals surface area contributed by atoms with Gasteiger partial charge in [0, 0.05) is 0 Å². The molecule has 1 fully saturated rings. The van der Waals surface area contributed by atoms with Crippen LogP contribution >= 0.6 is 0 Å². The Balaban J connectivity index is 1.64. The van der Waals surface area contributed by atoms with E-state index in [0.717, 1.165) is 23.5 Å². The third kappa shape index (κ3) is 6.70. The van der Waals surface area contributed by atoms with Crippen molar-refractivity contribution < 1.29 is 23.9 Å². The Hall–Kier alpha value is -3.61. The average Bonchev–Trinajstić information content (AvgIpc) is 2.83. The second-order valence-corrected chi connectivity index (χ2v) is 8.07. The number of nitrogens with one attached hydrogen (secondary N) is 1. The number of nitrogens with zero attached hydrogens (tertiary/aromatic N) is 1. The minimum absolute atomic E-state index is 0.116. The van der Waals surface area contributed by atoms with Crippen LogP contribution in [0.4, 0.5) is 10.5 Å². The summed E-state index contributed by atoms with van der Waals surface area (Å²) in [5.41, 5.74) is 0.892. The van der Waals surface area contributed by atoms with E-state index in [-0.39, 0.29) is 5.57 Å². The highest BCUT2D eigenvalue weighted by Crippen LogP contribution is 2.25. The third-order valence-electron chi connectivity index (χ3n) is 5.47. The fourth-order valence-corrected chi connectivity index (χ4v) is 3.65. The number of carbonyl (C=O) groups is 3. The first-order chi connectivity index (χ1) is 16.5. The van der Waals surface area contributed by atoms with Crippen LogP contribution in [0.3, 0.4) is 0 Å². The summed E-state index contributed by atoms with van der Waals surface area (Å²) in [7, 11) is 0. The van der Waals surface area contributed by atoms with Gasteiger partial charge >= 0.3 is 6.03 Å². The number of hydrogen-bond acceptors (Lipinski definition) is 5. The number of imide groups is 2. The van der Waals surface area contributed by atoms with Gasteiger partial charge in [0.1, 0.15) is 17.1 Å². The number of anilines is 1. The van der Waals surface area contributed by atoms with Crippen LogP contribution in [0.2, 0.25) is 0 Å². The first kappa shape index (κ1) is 25.0. The summed E-state index contributed by atoms with van der Waals surface area (Å²) in [5.74, 6) is -0.0371. The topological polar surface area (TPSA) is 84.9 Å². The zero-order chi connectivity index (χ0) is 24.3. The Bertz CT molecular complexity index is 1010. The van der Waals surface area contributed by atoms with Gasteiger partial charge in [0.05, 0.1) is 18.9 Å². The summed E-state index contributed by atoms with van der Waals surface area (Å²) in [4.78, 5) is 38.7. The monoisotopic (exact) mass is 464 g/mol. The van der Waals surface area contributed by atoms with Crippen LogP contribution in [-0.2, 0) is 9.59 Å². The number of amides is 4. The van der Waals surface area contributed by atoms with E-state index in [0.29, 0.717) is 30.2 Å². The molecule has 1 heterocycles. The number of ether oxygens (including phenoxy) is 2. The highest BCUT2D eigenvalue weighted by Gasteiger charge is 2.36. The molecule has 180 valence electrons. The zero-order valence-electron chi connectivity index (χ0n) is 19.8. The minimum atomic E-state index is -0.783. The van der Waals surface area contributed by atoms with Gasteiger partial charge in [-0.2, -0.15) is 0 Å². The lowest BCUT2D eigenvalue weighted by molar-refractivity contribution is -0.122.